The van der Waals surface area contributed by atoms with Crippen molar-refractivity contribution in [1.82, 2.24) is 0 Å². The largest absolute Gasteiger partial charge is 0.313 e. The SMILES string of the molecule is O=C(Cl)Cl.c1ccc2c(c1)C2. The lowest BCUT2D eigenvalue weighted by molar-refractivity contribution is 0.275. The molecule has 0 spiro atoms. The van der Waals surface area contributed by atoms with Gasteiger partial charge in [-0.1, -0.05) is 24.3 Å². The van der Waals surface area contributed by atoms with Crippen molar-refractivity contribution in [2.24, 2.45) is 0 Å². The van der Waals surface area contributed by atoms with Crippen molar-refractivity contribution in [3.63, 3.8) is 0 Å². The van der Waals surface area contributed by atoms with Gasteiger partial charge in [-0.3, -0.25) is 4.79 Å². The molecule has 0 heterocycles. The number of hydrogen-bond acceptors (Lipinski definition) is 1. The highest BCUT2D eigenvalue weighted by atomic mass is 35.5. The van der Waals surface area contributed by atoms with E-state index in [9.17, 15) is 0 Å². The van der Waals surface area contributed by atoms with E-state index >= 15 is 0 Å². The van der Waals surface area contributed by atoms with Gasteiger partial charge < -0.3 is 0 Å². The van der Waals surface area contributed by atoms with Crippen LogP contribution in [0, 0.1) is 0 Å². The number of carbonyl (C=O) groups excluding carboxylic acids is 1. The average Bonchev–Trinajstić information content (AvgIpc) is 2.62. The molecule has 0 unspecified atom stereocenters. The molecule has 0 saturated carbocycles. The zero-order valence-electron chi connectivity index (χ0n) is 5.68. The second-order valence-electron chi connectivity index (χ2n) is 2.17. The molecule has 1 aliphatic rings. The van der Waals surface area contributed by atoms with E-state index < -0.39 is 4.70 Å². The number of benzene rings is 1. The van der Waals surface area contributed by atoms with Crippen LogP contribution in [0.2, 0.25) is 0 Å². The first-order valence-corrected chi connectivity index (χ1v) is 3.87. The van der Waals surface area contributed by atoms with Crippen LogP contribution in [0.3, 0.4) is 0 Å². The van der Waals surface area contributed by atoms with Crippen LogP contribution in [-0.4, -0.2) is 4.70 Å². The summed E-state index contributed by atoms with van der Waals surface area (Å²) in [5.74, 6) is 0. The van der Waals surface area contributed by atoms with Gasteiger partial charge in [0.1, 0.15) is 0 Å². The van der Waals surface area contributed by atoms with E-state index in [0.717, 1.165) is 0 Å². The zero-order valence-corrected chi connectivity index (χ0v) is 7.19. The molecule has 1 aromatic carbocycles. The molecule has 0 aliphatic heterocycles. The van der Waals surface area contributed by atoms with Gasteiger partial charge in [-0.2, -0.15) is 0 Å². The van der Waals surface area contributed by atoms with E-state index in [1.807, 2.05) is 0 Å². The quantitative estimate of drug-likeness (QED) is 0.581. The summed E-state index contributed by atoms with van der Waals surface area (Å²) in [4.78, 5) is 8.98. The molecular formula is C8H6Cl2O. The van der Waals surface area contributed by atoms with Crippen LogP contribution >= 0.6 is 23.2 Å². The van der Waals surface area contributed by atoms with Gasteiger partial charge in [-0.05, 0) is 40.7 Å². The van der Waals surface area contributed by atoms with Gasteiger partial charge in [0, 0.05) is 0 Å². The first kappa shape index (κ1) is 8.57. The third-order valence-electron chi connectivity index (χ3n) is 1.37. The van der Waals surface area contributed by atoms with Gasteiger partial charge >= 0.3 is 4.70 Å². The second-order valence-corrected chi connectivity index (χ2v) is 3.05. The van der Waals surface area contributed by atoms with Gasteiger partial charge in [0.15, 0.2) is 0 Å². The van der Waals surface area contributed by atoms with Crippen LogP contribution in [0.1, 0.15) is 11.1 Å². The third-order valence-corrected chi connectivity index (χ3v) is 1.37. The highest BCUT2D eigenvalue weighted by molar-refractivity contribution is 6.93. The molecule has 1 aromatic rings. The van der Waals surface area contributed by atoms with Crippen molar-refractivity contribution in [1.29, 1.82) is 0 Å². The second kappa shape index (κ2) is 3.74. The normalized spacial score (nSPS) is 10.7. The van der Waals surface area contributed by atoms with E-state index in [0.29, 0.717) is 0 Å². The number of fused-ring (bicyclic) bond motifs is 1. The Morgan fingerprint density at radius 1 is 1.18 bits per heavy atom. The molecule has 0 fully saturated rings. The first-order chi connectivity index (χ1) is 5.20. The molecule has 0 amide bonds. The summed E-state index contributed by atoms with van der Waals surface area (Å²) < 4.78 is -0.889. The summed E-state index contributed by atoms with van der Waals surface area (Å²) in [5.41, 5.74) is 3.06. The van der Waals surface area contributed by atoms with Crippen LogP contribution in [0.15, 0.2) is 24.3 Å². The molecule has 1 nitrogen and oxygen atoms in total. The molecule has 0 atom stereocenters. The Hall–Kier alpha value is -0.530. The topological polar surface area (TPSA) is 17.1 Å². The molecule has 0 radical (unpaired) electrons. The summed E-state index contributed by atoms with van der Waals surface area (Å²) >= 11 is 8.80. The lowest BCUT2D eigenvalue weighted by atomic mass is 10.4. The first-order valence-electron chi connectivity index (χ1n) is 3.12. The van der Waals surface area contributed by atoms with Gasteiger partial charge in [-0.15, -0.1) is 0 Å². The average molecular weight is 189 g/mol. The maximum absolute atomic E-state index is 8.98. The summed E-state index contributed by atoms with van der Waals surface area (Å²) in [5, 5.41) is 0. The van der Waals surface area contributed by atoms with Gasteiger partial charge in [0.05, 0.1) is 0 Å². The Labute approximate surface area is 74.9 Å². The van der Waals surface area contributed by atoms with Crippen molar-refractivity contribution in [2.75, 3.05) is 0 Å². The maximum atomic E-state index is 8.98. The predicted octanol–water partition coefficient (Wildman–Crippen LogP) is 3.17. The van der Waals surface area contributed by atoms with E-state index in [1.54, 1.807) is 0 Å². The molecule has 0 saturated heterocycles. The Kier molecular flexibility index (Phi) is 2.92. The van der Waals surface area contributed by atoms with Crippen LogP contribution in [0.4, 0.5) is 4.79 Å². The summed E-state index contributed by atoms with van der Waals surface area (Å²) in [6.45, 7) is 0. The minimum atomic E-state index is -0.889. The molecule has 3 heteroatoms. The summed E-state index contributed by atoms with van der Waals surface area (Å²) in [6.07, 6.45) is 1.24. The Balaban J connectivity index is 0.000000134. The number of rotatable bonds is 0. The molecule has 0 bridgehead atoms. The molecule has 0 aromatic heterocycles. The van der Waals surface area contributed by atoms with E-state index in [2.05, 4.69) is 47.5 Å². The molecule has 1 aliphatic carbocycles. The van der Waals surface area contributed by atoms with Crippen LogP contribution in [0.25, 0.3) is 0 Å². The Morgan fingerprint density at radius 3 is 1.82 bits per heavy atom. The fraction of sp³-hybridized carbons (Fsp3) is 0.125. The molecule has 0 N–H and O–H groups in total. The van der Waals surface area contributed by atoms with Gasteiger partial charge in [0.25, 0.3) is 0 Å². The lowest BCUT2D eigenvalue weighted by Crippen LogP contribution is -1.48. The minimum absolute atomic E-state index is 0.889. The smallest absolute Gasteiger partial charge is 0.262 e. The lowest BCUT2D eigenvalue weighted by Gasteiger charge is -1.69. The van der Waals surface area contributed by atoms with Crippen molar-refractivity contribution in [3.8, 4) is 0 Å². The Bertz CT molecular complexity index is 246. The van der Waals surface area contributed by atoms with E-state index in [1.165, 1.54) is 17.5 Å². The van der Waals surface area contributed by atoms with Crippen molar-refractivity contribution < 1.29 is 4.79 Å². The highest BCUT2D eigenvalue weighted by Crippen LogP contribution is 2.25. The number of hydrogen-bond donors (Lipinski definition) is 0. The number of carbonyl (C=O) groups is 1. The predicted molar refractivity (Wildman–Crippen MR) is 46.4 cm³/mol. The summed E-state index contributed by atoms with van der Waals surface area (Å²) in [6, 6.07) is 8.53. The number of halogens is 2. The summed E-state index contributed by atoms with van der Waals surface area (Å²) in [7, 11) is 0. The third kappa shape index (κ3) is 3.40. The maximum Gasteiger partial charge on any atom is 0.313 e. The minimum Gasteiger partial charge on any atom is -0.262 e. The van der Waals surface area contributed by atoms with Crippen LogP contribution in [-0.2, 0) is 6.42 Å². The molecule has 2 rings (SSSR count). The van der Waals surface area contributed by atoms with Crippen LogP contribution in [0.5, 0.6) is 0 Å². The van der Waals surface area contributed by atoms with Crippen LogP contribution < -0.4 is 0 Å². The van der Waals surface area contributed by atoms with Crippen molar-refractivity contribution >= 4 is 27.9 Å². The van der Waals surface area contributed by atoms with Gasteiger partial charge in [-0.25, -0.2) is 0 Å². The highest BCUT2D eigenvalue weighted by Gasteiger charge is 2.12. The molecular weight excluding hydrogens is 183 g/mol. The fourth-order valence-corrected chi connectivity index (χ4v) is 0.836. The van der Waals surface area contributed by atoms with Gasteiger partial charge in [0.2, 0.25) is 0 Å². The van der Waals surface area contributed by atoms with E-state index in [4.69, 9.17) is 4.79 Å². The zero-order chi connectivity index (χ0) is 8.27. The van der Waals surface area contributed by atoms with Crippen molar-refractivity contribution in [2.45, 2.75) is 6.42 Å². The standard InChI is InChI=1S/C7H6.CCl2O/c1-2-4-7-5-6(7)3-1;2-1(3)4/h1-4H,5H2;. The Morgan fingerprint density at radius 2 is 1.55 bits per heavy atom. The monoisotopic (exact) mass is 188 g/mol. The molecule has 11 heavy (non-hydrogen) atoms. The molecule has 58 valence electrons. The van der Waals surface area contributed by atoms with E-state index in [-0.39, 0.29) is 0 Å². The van der Waals surface area contributed by atoms with Crippen molar-refractivity contribution in [3.05, 3.63) is 35.4 Å². The fourth-order valence-electron chi connectivity index (χ4n) is 0.836.